The second kappa shape index (κ2) is 7.91. The molecule has 0 spiro atoms. The maximum atomic E-state index is 13.0. The summed E-state index contributed by atoms with van der Waals surface area (Å²) in [6.07, 6.45) is 1.48. The number of rotatable bonds is 6. The summed E-state index contributed by atoms with van der Waals surface area (Å²) in [5.41, 5.74) is 5.21. The van der Waals surface area contributed by atoms with Gasteiger partial charge in [-0.15, -0.1) is 0 Å². The smallest absolute Gasteiger partial charge is 0.232 e. The van der Waals surface area contributed by atoms with Gasteiger partial charge >= 0.3 is 0 Å². The number of aromatic nitrogens is 4. The van der Waals surface area contributed by atoms with Crippen LogP contribution in [0.5, 0.6) is 0 Å². The molecule has 1 N–H and O–H groups in total. The van der Waals surface area contributed by atoms with Crippen LogP contribution in [0.1, 0.15) is 40.9 Å². The van der Waals surface area contributed by atoms with Gasteiger partial charge in [0, 0.05) is 11.5 Å². The van der Waals surface area contributed by atoms with Crippen molar-refractivity contribution in [3.63, 3.8) is 0 Å². The van der Waals surface area contributed by atoms with Gasteiger partial charge in [-0.3, -0.25) is 15.1 Å². The van der Waals surface area contributed by atoms with Crippen LogP contribution in [0, 0.1) is 13.8 Å². The van der Waals surface area contributed by atoms with Crippen molar-refractivity contribution >= 4 is 11.6 Å². The molecule has 0 bridgehead atoms. The summed E-state index contributed by atoms with van der Waals surface area (Å²) in [6.45, 7) is 6.08. The van der Waals surface area contributed by atoms with Crippen molar-refractivity contribution in [3.05, 3.63) is 70.5 Å². The van der Waals surface area contributed by atoms with Gasteiger partial charge in [0.05, 0.1) is 5.92 Å². The zero-order chi connectivity index (χ0) is 18.5. The molecule has 6 nitrogen and oxygen atoms in total. The van der Waals surface area contributed by atoms with Crippen molar-refractivity contribution < 1.29 is 4.79 Å². The Morgan fingerprint density at radius 2 is 1.85 bits per heavy atom. The zero-order valence-electron chi connectivity index (χ0n) is 15.2. The van der Waals surface area contributed by atoms with Crippen molar-refractivity contribution in [1.29, 1.82) is 0 Å². The first-order chi connectivity index (χ1) is 12.6. The molecule has 26 heavy (non-hydrogen) atoms. The molecule has 0 aliphatic rings. The molecule has 0 saturated heterocycles. The summed E-state index contributed by atoms with van der Waals surface area (Å²) < 4.78 is 0. The summed E-state index contributed by atoms with van der Waals surface area (Å²) >= 11 is 0. The van der Waals surface area contributed by atoms with Crippen LogP contribution in [0.2, 0.25) is 0 Å². The van der Waals surface area contributed by atoms with Crippen LogP contribution in [-0.4, -0.2) is 21.4 Å². The predicted molar refractivity (Wildman–Crippen MR) is 100.0 cm³/mol. The highest BCUT2D eigenvalue weighted by Gasteiger charge is 2.21. The van der Waals surface area contributed by atoms with Crippen LogP contribution in [-0.2, 0) is 17.6 Å². The largest absolute Gasteiger partial charge is 0.335 e. The quantitative estimate of drug-likeness (QED) is 0.740. The Balaban J connectivity index is 1.83. The standard InChI is InChI=1S/C20H23N5O/c1-4-15-7-9-16(10-8-15)12-17(19-22-24-25-23-19)20(26)21-18-11-13(2)5-6-14(18)3/h5-11,17H,4,12H2,1-3H3,(H2,21,22,23,24,25,26)/p-1/t17-/m1/s1. The van der Waals surface area contributed by atoms with E-state index in [1.165, 1.54) is 5.56 Å². The Morgan fingerprint density at radius 1 is 1.12 bits per heavy atom. The molecule has 3 rings (SSSR count). The van der Waals surface area contributed by atoms with Crippen LogP contribution in [0.3, 0.4) is 0 Å². The van der Waals surface area contributed by atoms with E-state index in [1.54, 1.807) is 0 Å². The highest BCUT2D eigenvalue weighted by Crippen LogP contribution is 2.22. The molecule has 6 heteroatoms. The lowest BCUT2D eigenvalue weighted by Gasteiger charge is -2.18. The summed E-state index contributed by atoms with van der Waals surface area (Å²) in [7, 11) is 0. The summed E-state index contributed by atoms with van der Waals surface area (Å²) in [6, 6.07) is 14.2. The van der Waals surface area contributed by atoms with Gasteiger partial charge in [0.25, 0.3) is 0 Å². The molecule has 0 unspecified atom stereocenters. The van der Waals surface area contributed by atoms with Gasteiger partial charge in [-0.25, -0.2) is 0 Å². The van der Waals surface area contributed by atoms with Crippen LogP contribution < -0.4 is 10.4 Å². The Kier molecular flexibility index (Phi) is 5.41. The van der Waals surface area contributed by atoms with E-state index in [1.807, 2.05) is 44.2 Å². The maximum absolute atomic E-state index is 13.0. The molecule has 0 aliphatic carbocycles. The number of hydrogen-bond acceptors (Lipinski definition) is 4. The molecule has 0 aliphatic heterocycles. The van der Waals surface area contributed by atoms with E-state index in [2.05, 4.69) is 45.0 Å². The predicted octanol–water partition coefficient (Wildman–Crippen LogP) is 2.97. The first-order valence-electron chi connectivity index (χ1n) is 8.71. The Hall–Kier alpha value is -3.02. The fraction of sp³-hybridized carbons (Fsp3) is 0.300. The van der Waals surface area contributed by atoms with E-state index >= 15 is 0 Å². The van der Waals surface area contributed by atoms with Gasteiger partial charge in [0.15, 0.2) is 0 Å². The van der Waals surface area contributed by atoms with Crippen molar-refractivity contribution in [1.82, 2.24) is 20.6 Å². The van der Waals surface area contributed by atoms with Gasteiger partial charge in [-0.2, -0.15) is 5.21 Å². The topological polar surface area (TPSA) is 81.9 Å². The number of benzene rings is 2. The molecule has 1 atom stereocenters. The monoisotopic (exact) mass is 348 g/mol. The number of anilines is 1. The molecular formula is C20H22N5O-. The third kappa shape index (κ3) is 4.14. The van der Waals surface area contributed by atoms with Crippen molar-refractivity contribution in [3.8, 4) is 0 Å². The molecule has 0 saturated carbocycles. The maximum Gasteiger partial charge on any atom is 0.232 e. The lowest BCUT2D eigenvalue weighted by molar-refractivity contribution is -0.117. The molecule has 134 valence electrons. The highest BCUT2D eigenvalue weighted by molar-refractivity contribution is 5.96. The molecule has 1 aromatic heterocycles. The molecule has 1 heterocycles. The molecule has 3 aromatic rings. The minimum atomic E-state index is -0.544. The van der Waals surface area contributed by atoms with Crippen LogP contribution in [0.15, 0.2) is 42.5 Å². The fourth-order valence-corrected chi connectivity index (χ4v) is 2.83. The number of carbonyl (C=O) groups is 1. The van der Waals surface area contributed by atoms with Crippen LogP contribution >= 0.6 is 0 Å². The third-order valence-corrected chi connectivity index (χ3v) is 4.48. The lowest BCUT2D eigenvalue weighted by atomic mass is 9.96. The van der Waals surface area contributed by atoms with E-state index in [0.717, 1.165) is 28.8 Å². The second-order valence-corrected chi connectivity index (χ2v) is 6.47. The average molecular weight is 348 g/mol. The van der Waals surface area contributed by atoms with Gasteiger partial charge < -0.3 is 10.4 Å². The summed E-state index contributed by atoms with van der Waals surface area (Å²) in [5.74, 6) is -0.363. The number of nitrogens with zero attached hydrogens (tertiary/aromatic N) is 4. The normalized spacial score (nSPS) is 12.0. The Bertz CT molecular complexity index is 872. The Labute approximate surface area is 153 Å². The van der Waals surface area contributed by atoms with E-state index in [9.17, 15) is 4.79 Å². The minimum Gasteiger partial charge on any atom is -0.335 e. The van der Waals surface area contributed by atoms with Crippen molar-refractivity contribution in [2.75, 3.05) is 5.32 Å². The van der Waals surface area contributed by atoms with E-state index in [4.69, 9.17) is 0 Å². The molecule has 0 radical (unpaired) electrons. The average Bonchev–Trinajstić information content (AvgIpc) is 3.17. The first-order valence-corrected chi connectivity index (χ1v) is 8.71. The number of nitrogens with one attached hydrogen (secondary N) is 1. The van der Waals surface area contributed by atoms with E-state index in [0.29, 0.717) is 12.2 Å². The van der Waals surface area contributed by atoms with E-state index < -0.39 is 5.92 Å². The van der Waals surface area contributed by atoms with Gasteiger partial charge in [-0.1, -0.05) is 43.3 Å². The fourth-order valence-electron chi connectivity index (χ4n) is 2.83. The van der Waals surface area contributed by atoms with Crippen molar-refractivity contribution in [2.45, 2.75) is 39.5 Å². The minimum absolute atomic E-state index is 0.159. The molecule has 2 aromatic carbocycles. The van der Waals surface area contributed by atoms with Crippen LogP contribution in [0.4, 0.5) is 5.69 Å². The number of tetrazole rings is 1. The van der Waals surface area contributed by atoms with E-state index in [-0.39, 0.29) is 5.91 Å². The lowest BCUT2D eigenvalue weighted by Crippen LogP contribution is -2.25. The number of carbonyl (C=O) groups excluding carboxylic acids is 1. The highest BCUT2D eigenvalue weighted by atomic mass is 16.1. The van der Waals surface area contributed by atoms with Gasteiger partial charge in [-0.05, 0) is 55.0 Å². The number of amides is 1. The van der Waals surface area contributed by atoms with Crippen LogP contribution in [0.25, 0.3) is 0 Å². The SMILES string of the molecule is CCc1ccc(C[C@@H](C(=O)Nc2cc(C)ccc2C)c2nnn[n-]2)cc1. The van der Waals surface area contributed by atoms with Gasteiger partial charge in [0.2, 0.25) is 5.91 Å². The second-order valence-electron chi connectivity index (χ2n) is 6.47. The molecule has 1 amide bonds. The number of hydrogen-bond donors (Lipinski definition) is 1. The summed E-state index contributed by atoms with van der Waals surface area (Å²) in [4.78, 5) is 13.0. The zero-order valence-corrected chi connectivity index (χ0v) is 15.2. The first kappa shape index (κ1) is 17.8. The molecular weight excluding hydrogens is 326 g/mol. The van der Waals surface area contributed by atoms with Gasteiger partial charge in [0.1, 0.15) is 0 Å². The third-order valence-electron chi connectivity index (χ3n) is 4.48. The number of aryl methyl sites for hydroxylation is 3. The molecule has 0 fully saturated rings. The summed E-state index contributed by atoms with van der Waals surface area (Å²) in [5, 5.41) is 17.9. The Morgan fingerprint density at radius 3 is 2.50 bits per heavy atom. The van der Waals surface area contributed by atoms with Crippen molar-refractivity contribution in [2.24, 2.45) is 0 Å².